The Labute approximate surface area is 105 Å². The first-order chi connectivity index (χ1) is 8.61. The van der Waals surface area contributed by atoms with Gasteiger partial charge in [-0.05, 0) is 26.8 Å². The van der Waals surface area contributed by atoms with E-state index in [1.165, 1.54) is 6.33 Å². The van der Waals surface area contributed by atoms with E-state index >= 15 is 0 Å². The number of aromatic amines is 1. The topological polar surface area (TPSA) is 90.3 Å². The quantitative estimate of drug-likeness (QED) is 0.857. The number of hydrogen-bond donors (Lipinski definition) is 2. The Morgan fingerprint density at radius 1 is 1.44 bits per heavy atom. The Bertz CT molecular complexity index is 581. The van der Waals surface area contributed by atoms with Gasteiger partial charge in [-0.25, -0.2) is 4.98 Å². The molecule has 0 spiro atoms. The normalized spacial score (nSPS) is 11.9. The van der Waals surface area contributed by atoms with Gasteiger partial charge in [-0.3, -0.25) is 10.1 Å². The Morgan fingerprint density at radius 2 is 2.22 bits per heavy atom. The van der Waals surface area contributed by atoms with Crippen molar-refractivity contribution < 1.29 is 0 Å². The van der Waals surface area contributed by atoms with Gasteiger partial charge in [-0.15, -0.1) is 0 Å². The van der Waals surface area contributed by atoms with Gasteiger partial charge in [0.15, 0.2) is 0 Å². The van der Waals surface area contributed by atoms with Crippen LogP contribution in [0.15, 0.2) is 12.4 Å². The largest absolute Gasteiger partial charge is 0.374 e. The summed E-state index contributed by atoms with van der Waals surface area (Å²) in [6.07, 6.45) is 1.46. The molecule has 0 aliphatic rings. The standard InChI is InChI=1S/C12H14N6/c1-7-4-11(10(5-13)8(2)16-7)17-9(3)12-14-6-15-18-12/h4,6,9H,1-3H3,(H,16,17)(H,14,15,18). The fraction of sp³-hybridized carbons (Fsp3) is 0.333. The molecule has 6 nitrogen and oxygen atoms in total. The van der Waals surface area contributed by atoms with Crippen molar-refractivity contribution in [3.05, 3.63) is 35.2 Å². The summed E-state index contributed by atoms with van der Waals surface area (Å²) in [7, 11) is 0. The average Bonchev–Trinajstić information content (AvgIpc) is 2.81. The summed E-state index contributed by atoms with van der Waals surface area (Å²) < 4.78 is 0. The minimum atomic E-state index is -0.0548. The lowest BCUT2D eigenvalue weighted by Crippen LogP contribution is -2.11. The highest BCUT2D eigenvalue weighted by Crippen LogP contribution is 2.22. The van der Waals surface area contributed by atoms with E-state index in [1.807, 2.05) is 26.8 Å². The number of H-pyrrole nitrogens is 1. The van der Waals surface area contributed by atoms with Crippen molar-refractivity contribution in [1.29, 1.82) is 5.26 Å². The van der Waals surface area contributed by atoms with Crippen LogP contribution >= 0.6 is 0 Å². The molecule has 0 amide bonds. The van der Waals surface area contributed by atoms with E-state index in [0.29, 0.717) is 5.56 Å². The second kappa shape index (κ2) is 4.84. The zero-order chi connectivity index (χ0) is 13.1. The molecule has 6 heteroatoms. The maximum absolute atomic E-state index is 9.17. The van der Waals surface area contributed by atoms with Gasteiger partial charge in [0.25, 0.3) is 0 Å². The number of hydrogen-bond acceptors (Lipinski definition) is 5. The number of aromatic nitrogens is 4. The minimum absolute atomic E-state index is 0.0548. The maximum Gasteiger partial charge on any atom is 0.146 e. The molecular formula is C12H14N6. The summed E-state index contributed by atoms with van der Waals surface area (Å²) in [5, 5.41) is 19.0. The molecule has 2 aromatic rings. The van der Waals surface area contributed by atoms with Gasteiger partial charge in [-0.2, -0.15) is 10.4 Å². The van der Waals surface area contributed by atoms with Crippen molar-refractivity contribution in [2.45, 2.75) is 26.8 Å². The van der Waals surface area contributed by atoms with Gasteiger partial charge in [0.1, 0.15) is 18.2 Å². The minimum Gasteiger partial charge on any atom is -0.374 e. The third-order valence-electron chi connectivity index (χ3n) is 2.66. The van der Waals surface area contributed by atoms with Crippen LogP contribution in [0.5, 0.6) is 0 Å². The molecule has 0 saturated heterocycles. The highest BCUT2D eigenvalue weighted by Gasteiger charge is 2.13. The van der Waals surface area contributed by atoms with E-state index in [4.69, 9.17) is 5.26 Å². The Kier molecular flexibility index (Phi) is 3.24. The van der Waals surface area contributed by atoms with Gasteiger partial charge in [0.2, 0.25) is 0 Å². The fourth-order valence-electron chi connectivity index (χ4n) is 1.81. The first kappa shape index (κ1) is 12.0. The molecule has 2 rings (SSSR count). The van der Waals surface area contributed by atoms with Gasteiger partial charge < -0.3 is 5.32 Å². The third kappa shape index (κ3) is 2.30. The van der Waals surface area contributed by atoms with Crippen LogP contribution in [0.4, 0.5) is 5.69 Å². The van der Waals surface area contributed by atoms with E-state index in [2.05, 4.69) is 31.6 Å². The van der Waals surface area contributed by atoms with Crippen LogP contribution in [0.3, 0.4) is 0 Å². The van der Waals surface area contributed by atoms with E-state index in [-0.39, 0.29) is 6.04 Å². The summed E-state index contributed by atoms with van der Waals surface area (Å²) in [5.74, 6) is 0.728. The molecule has 2 N–H and O–H groups in total. The van der Waals surface area contributed by atoms with Crippen LogP contribution in [0.1, 0.15) is 35.7 Å². The molecule has 2 aromatic heterocycles. The number of nitrogens with zero attached hydrogens (tertiary/aromatic N) is 4. The molecule has 0 aliphatic carbocycles. The van der Waals surface area contributed by atoms with Crippen LogP contribution in [-0.2, 0) is 0 Å². The van der Waals surface area contributed by atoms with Crippen molar-refractivity contribution in [3.63, 3.8) is 0 Å². The SMILES string of the molecule is Cc1cc(NC(C)c2ncn[nH]2)c(C#N)c(C)n1. The lowest BCUT2D eigenvalue weighted by Gasteiger charge is -2.15. The first-order valence-electron chi connectivity index (χ1n) is 5.62. The Hall–Kier alpha value is -2.42. The van der Waals surface area contributed by atoms with E-state index in [0.717, 1.165) is 22.9 Å². The van der Waals surface area contributed by atoms with Crippen molar-refractivity contribution >= 4 is 5.69 Å². The van der Waals surface area contributed by atoms with Crippen LogP contribution in [0.25, 0.3) is 0 Å². The monoisotopic (exact) mass is 242 g/mol. The zero-order valence-electron chi connectivity index (χ0n) is 10.5. The molecule has 2 heterocycles. The van der Waals surface area contributed by atoms with Crippen LogP contribution in [0.2, 0.25) is 0 Å². The molecule has 0 radical (unpaired) electrons. The smallest absolute Gasteiger partial charge is 0.146 e. The Balaban J connectivity index is 2.32. The molecule has 0 bridgehead atoms. The average molecular weight is 242 g/mol. The Morgan fingerprint density at radius 3 is 2.83 bits per heavy atom. The van der Waals surface area contributed by atoms with Crippen molar-refractivity contribution in [1.82, 2.24) is 20.2 Å². The molecule has 0 aromatic carbocycles. The second-order valence-electron chi connectivity index (χ2n) is 4.12. The van der Waals surface area contributed by atoms with Gasteiger partial charge in [-0.1, -0.05) is 0 Å². The van der Waals surface area contributed by atoms with Crippen LogP contribution in [0, 0.1) is 25.2 Å². The fourth-order valence-corrected chi connectivity index (χ4v) is 1.81. The number of rotatable bonds is 3. The molecule has 0 fully saturated rings. The molecule has 0 aliphatic heterocycles. The third-order valence-corrected chi connectivity index (χ3v) is 2.66. The summed E-state index contributed by atoms with van der Waals surface area (Å²) in [4.78, 5) is 8.36. The molecule has 92 valence electrons. The van der Waals surface area contributed by atoms with Gasteiger partial charge >= 0.3 is 0 Å². The molecule has 1 unspecified atom stereocenters. The summed E-state index contributed by atoms with van der Waals surface area (Å²) >= 11 is 0. The lowest BCUT2D eigenvalue weighted by molar-refractivity contribution is 0.794. The summed E-state index contributed by atoms with van der Waals surface area (Å²) in [6, 6.07) is 3.98. The highest BCUT2D eigenvalue weighted by atomic mass is 15.2. The second-order valence-corrected chi connectivity index (χ2v) is 4.12. The number of pyridine rings is 1. The molecule has 1 atom stereocenters. The summed E-state index contributed by atoms with van der Waals surface area (Å²) in [5.41, 5.74) is 2.93. The molecule has 18 heavy (non-hydrogen) atoms. The zero-order valence-corrected chi connectivity index (χ0v) is 10.5. The van der Waals surface area contributed by atoms with E-state index in [1.54, 1.807) is 0 Å². The molecular weight excluding hydrogens is 228 g/mol. The van der Waals surface area contributed by atoms with Crippen LogP contribution in [-0.4, -0.2) is 20.2 Å². The predicted molar refractivity (Wildman–Crippen MR) is 66.8 cm³/mol. The number of aryl methyl sites for hydroxylation is 2. The van der Waals surface area contributed by atoms with Gasteiger partial charge in [0, 0.05) is 5.69 Å². The maximum atomic E-state index is 9.17. The van der Waals surface area contributed by atoms with E-state index in [9.17, 15) is 0 Å². The number of nitrogens with one attached hydrogen (secondary N) is 2. The number of anilines is 1. The van der Waals surface area contributed by atoms with Crippen molar-refractivity contribution in [2.75, 3.05) is 5.32 Å². The van der Waals surface area contributed by atoms with Crippen molar-refractivity contribution in [2.24, 2.45) is 0 Å². The van der Waals surface area contributed by atoms with Crippen molar-refractivity contribution in [3.8, 4) is 6.07 Å². The predicted octanol–water partition coefficient (Wildman–Crippen LogP) is 1.86. The molecule has 0 saturated carbocycles. The van der Waals surface area contributed by atoms with Gasteiger partial charge in [0.05, 0.1) is 23.0 Å². The number of nitriles is 1. The summed E-state index contributed by atoms with van der Waals surface area (Å²) in [6.45, 7) is 5.68. The van der Waals surface area contributed by atoms with Crippen LogP contribution < -0.4 is 5.32 Å². The highest BCUT2D eigenvalue weighted by molar-refractivity contribution is 5.60. The first-order valence-corrected chi connectivity index (χ1v) is 5.62. The lowest BCUT2D eigenvalue weighted by atomic mass is 10.1. The van der Waals surface area contributed by atoms with E-state index < -0.39 is 0 Å².